The third kappa shape index (κ3) is 2.37. The van der Waals surface area contributed by atoms with Crippen LogP contribution in [0.25, 0.3) is 11.3 Å². The highest BCUT2D eigenvalue weighted by Crippen LogP contribution is 2.29. The van der Waals surface area contributed by atoms with Gasteiger partial charge in [0.2, 0.25) is 5.88 Å². The smallest absolute Gasteiger partial charge is 0.222 e. The van der Waals surface area contributed by atoms with Crippen molar-refractivity contribution in [2.24, 2.45) is 0 Å². The van der Waals surface area contributed by atoms with Crippen molar-refractivity contribution in [3.05, 3.63) is 35.6 Å². The molecule has 3 nitrogen and oxygen atoms in total. The van der Waals surface area contributed by atoms with E-state index in [1.807, 2.05) is 12.1 Å². The molecule has 0 saturated heterocycles. The molecule has 0 aliphatic carbocycles. The van der Waals surface area contributed by atoms with Gasteiger partial charge in [0.1, 0.15) is 11.5 Å². The molecule has 2 aromatic rings. The Morgan fingerprint density at radius 3 is 2.50 bits per heavy atom. The Balaban J connectivity index is 2.35. The summed E-state index contributed by atoms with van der Waals surface area (Å²) in [5.41, 5.74) is 7.46. The lowest BCUT2D eigenvalue weighted by Crippen LogP contribution is -1.99. The molecule has 0 atom stereocenters. The third-order valence-electron chi connectivity index (χ3n) is 3.25. The summed E-state index contributed by atoms with van der Waals surface area (Å²) in [5.74, 6) is 0.304. The van der Waals surface area contributed by atoms with E-state index in [1.54, 1.807) is 6.07 Å². The third-order valence-corrected chi connectivity index (χ3v) is 3.25. The standard InChI is InChI=1S/C14H17FN2O/c1-3-9(4-2)11-6-5-10(7-12(11)15)13-8-14(16)18-17-13/h5-9H,3-4,16H2,1-2H3. The molecule has 1 aromatic carbocycles. The van der Waals surface area contributed by atoms with Gasteiger partial charge in [-0.2, -0.15) is 0 Å². The monoisotopic (exact) mass is 248 g/mol. The lowest BCUT2D eigenvalue weighted by molar-refractivity contribution is 0.439. The fraction of sp³-hybridized carbons (Fsp3) is 0.357. The average molecular weight is 248 g/mol. The quantitative estimate of drug-likeness (QED) is 0.890. The zero-order valence-corrected chi connectivity index (χ0v) is 10.6. The predicted molar refractivity (Wildman–Crippen MR) is 69.6 cm³/mol. The molecular formula is C14H17FN2O. The number of benzene rings is 1. The van der Waals surface area contributed by atoms with Crippen LogP contribution in [0.2, 0.25) is 0 Å². The second kappa shape index (κ2) is 5.21. The van der Waals surface area contributed by atoms with E-state index < -0.39 is 0 Å². The predicted octanol–water partition coefficient (Wildman–Crippen LogP) is 3.97. The van der Waals surface area contributed by atoms with Gasteiger partial charge in [0.25, 0.3) is 0 Å². The van der Waals surface area contributed by atoms with E-state index in [9.17, 15) is 4.39 Å². The first-order valence-corrected chi connectivity index (χ1v) is 6.17. The number of anilines is 1. The van der Waals surface area contributed by atoms with Crippen molar-refractivity contribution in [2.75, 3.05) is 5.73 Å². The first-order chi connectivity index (χ1) is 8.65. The highest BCUT2D eigenvalue weighted by molar-refractivity contribution is 5.61. The highest BCUT2D eigenvalue weighted by Gasteiger charge is 2.14. The Bertz CT molecular complexity index is 532. The van der Waals surface area contributed by atoms with Crippen molar-refractivity contribution in [3.63, 3.8) is 0 Å². The van der Waals surface area contributed by atoms with Crippen LogP contribution < -0.4 is 5.73 Å². The Kier molecular flexibility index (Phi) is 3.65. The normalized spacial score (nSPS) is 11.1. The number of nitrogens with zero attached hydrogens (tertiary/aromatic N) is 1. The first-order valence-electron chi connectivity index (χ1n) is 6.17. The van der Waals surface area contributed by atoms with E-state index in [4.69, 9.17) is 10.3 Å². The second-order valence-corrected chi connectivity index (χ2v) is 4.36. The van der Waals surface area contributed by atoms with Crippen LogP contribution in [0.4, 0.5) is 10.3 Å². The Morgan fingerprint density at radius 1 is 1.28 bits per heavy atom. The van der Waals surface area contributed by atoms with Gasteiger partial charge in [0.15, 0.2) is 0 Å². The van der Waals surface area contributed by atoms with Crippen LogP contribution in [0.1, 0.15) is 38.2 Å². The minimum atomic E-state index is -0.192. The number of halogens is 1. The highest BCUT2D eigenvalue weighted by atomic mass is 19.1. The number of hydrogen-bond acceptors (Lipinski definition) is 3. The van der Waals surface area contributed by atoms with Gasteiger partial charge in [-0.15, -0.1) is 0 Å². The van der Waals surface area contributed by atoms with Gasteiger partial charge in [-0.1, -0.05) is 31.1 Å². The van der Waals surface area contributed by atoms with E-state index in [-0.39, 0.29) is 17.6 Å². The van der Waals surface area contributed by atoms with E-state index >= 15 is 0 Å². The minimum Gasteiger partial charge on any atom is -0.368 e. The molecule has 0 unspecified atom stereocenters. The Morgan fingerprint density at radius 2 is 2.00 bits per heavy atom. The molecule has 0 bridgehead atoms. The summed E-state index contributed by atoms with van der Waals surface area (Å²) < 4.78 is 18.9. The van der Waals surface area contributed by atoms with Crippen molar-refractivity contribution in [1.29, 1.82) is 0 Å². The number of rotatable bonds is 4. The van der Waals surface area contributed by atoms with Crippen molar-refractivity contribution < 1.29 is 8.91 Å². The number of hydrogen-bond donors (Lipinski definition) is 1. The van der Waals surface area contributed by atoms with Crippen molar-refractivity contribution in [2.45, 2.75) is 32.6 Å². The maximum atomic E-state index is 14.1. The molecule has 4 heteroatoms. The molecule has 2 N–H and O–H groups in total. The van der Waals surface area contributed by atoms with E-state index in [0.29, 0.717) is 11.3 Å². The maximum Gasteiger partial charge on any atom is 0.222 e. The van der Waals surface area contributed by atoms with Crippen LogP contribution in [0.3, 0.4) is 0 Å². The molecule has 0 fully saturated rings. The van der Waals surface area contributed by atoms with E-state index in [2.05, 4.69) is 19.0 Å². The van der Waals surface area contributed by atoms with Crippen molar-refractivity contribution >= 4 is 5.88 Å². The summed E-state index contributed by atoms with van der Waals surface area (Å²) in [6.45, 7) is 4.14. The van der Waals surface area contributed by atoms with Crippen LogP contribution >= 0.6 is 0 Å². The Hall–Kier alpha value is -1.84. The van der Waals surface area contributed by atoms with Crippen LogP contribution in [-0.2, 0) is 0 Å². The van der Waals surface area contributed by atoms with Gasteiger partial charge in [-0.25, -0.2) is 4.39 Å². The topological polar surface area (TPSA) is 52.0 Å². The van der Waals surface area contributed by atoms with Crippen LogP contribution in [0.15, 0.2) is 28.8 Å². The van der Waals surface area contributed by atoms with Crippen molar-refractivity contribution in [3.8, 4) is 11.3 Å². The van der Waals surface area contributed by atoms with Crippen molar-refractivity contribution in [1.82, 2.24) is 5.16 Å². The van der Waals surface area contributed by atoms with Crippen LogP contribution in [-0.4, -0.2) is 5.16 Å². The molecule has 1 heterocycles. The van der Waals surface area contributed by atoms with E-state index in [1.165, 1.54) is 6.07 Å². The molecule has 0 saturated carbocycles. The fourth-order valence-electron chi connectivity index (χ4n) is 2.17. The zero-order valence-electron chi connectivity index (χ0n) is 10.6. The number of nitrogen functional groups attached to an aromatic ring is 1. The minimum absolute atomic E-state index is 0.192. The molecule has 2 rings (SSSR count). The fourth-order valence-corrected chi connectivity index (χ4v) is 2.17. The molecular weight excluding hydrogens is 231 g/mol. The van der Waals surface area contributed by atoms with Gasteiger partial charge in [-0.3, -0.25) is 0 Å². The summed E-state index contributed by atoms with van der Waals surface area (Å²) >= 11 is 0. The molecule has 0 radical (unpaired) electrons. The molecule has 0 aliphatic rings. The van der Waals surface area contributed by atoms with Gasteiger partial charge >= 0.3 is 0 Å². The molecule has 0 spiro atoms. The van der Waals surface area contributed by atoms with Gasteiger partial charge in [0, 0.05) is 11.6 Å². The molecule has 96 valence electrons. The molecule has 18 heavy (non-hydrogen) atoms. The molecule has 0 amide bonds. The SMILES string of the molecule is CCC(CC)c1ccc(-c2cc(N)on2)cc1F. The average Bonchev–Trinajstić information content (AvgIpc) is 2.79. The summed E-state index contributed by atoms with van der Waals surface area (Å²) in [5, 5.41) is 3.78. The summed E-state index contributed by atoms with van der Waals surface area (Å²) in [6.07, 6.45) is 1.87. The molecule has 0 aliphatic heterocycles. The van der Waals surface area contributed by atoms with E-state index in [0.717, 1.165) is 18.4 Å². The van der Waals surface area contributed by atoms with Gasteiger partial charge in [0.05, 0.1) is 0 Å². The van der Waals surface area contributed by atoms with Crippen LogP contribution in [0, 0.1) is 5.82 Å². The zero-order chi connectivity index (χ0) is 13.1. The van der Waals surface area contributed by atoms with Gasteiger partial charge < -0.3 is 10.3 Å². The number of nitrogens with two attached hydrogens (primary N) is 1. The number of aromatic nitrogens is 1. The maximum absolute atomic E-state index is 14.1. The Labute approximate surface area is 106 Å². The lowest BCUT2D eigenvalue weighted by Gasteiger charge is -2.14. The first kappa shape index (κ1) is 12.6. The molecule has 1 aromatic heterocycles. The summed E-state index contributed by atoms with van der Waals surface area (Å²) in [6, 6.07) is 6.76. The second-order valence-electron chi connectivity index (χ2n) is 4.36. The largest absolute Gasteiger partial charge is 0.368 e. The summed E-state index contributed by atoms with van der Waals surface area (Å²) in [4.78, 5) is 0. The lowest BCUT2D eigenvalue weighted by atomic mass is 9.92. The van der Waals surface area contributed by atoms with Crippen LogP contribution in [0.5, 0.6) is 0 Å². The van der Waals surface area contributed by atoms with Gasteiger partial charge in [-0.05, 0) is 30.4 Å². The summed E-state index contributed by atoms with van der Waals surface area (Å²) in [7, 11) is 0.